The summed E-state index contributed by atoms with van der Waals surface area (Å²) in [6.07, 6.45) is 0.743. The molecule has 2 aromatic carbocycles. The topological polar surface area (TPSA) is 35.5 Å². The average Bonchev–Trinajstić information content (AvgIpc) is 2.87. The molecule has 0 amide bonds. The van der Waals surface area contributed by atoms with Crippen molar-refractivity contribution in [3.63, 3.8) is 0 Å². The molecule has 0 spiro atoms. The Bertz CT molecular complexity index is 662. The van der Waals surface area contributed by atoms with Gasteiger partial charge in [-0.1, -0.05) is 29.8 Å². The van der Waals surface area contributed by atoms with E-state index in [1.54, 1.807) is 0 Å². The van der Waals surface area contributed by atoms with Gasteiger partial charge < -0.3 is 15.3 Å². The van der Waals surface area contributed by atoms with Crippen molar-refractivity contribution in [1.82, 2.24) is 0 Å². The number of halogens is 1. The third-order valence-electron chi connectivity index (χ3n) is 3.97. The summed E-state index contributed by atoms with van der Waals surface area (Å²) >= 11 is 5.94. The van der Waals surface area contributed by atoms with Crippen LogP contribution >= 0.6 is 11.6 Å². The van der Waals surface area contributed by atoms with Gasteiger partial charge in [-0.25, -0.2) is 0 Å². The van der Waals surface area contributed by atoms with E-state index in [0.29, 0.717) is 0 Å². The molecule has 1 heterocycles. The van der Waals surface area contributed by atoms with Crippen molar-refractivity contribution in [2.75, 3.05) is 23.4 Å². The second kappa shape index (κ2) is 5.82. The molecule has 0 saturated carbocycles. The molecule has 0 fully saturated rings. The van der Waals surface area contributed by atoms with E-state index in [9.17, 15) is 5.11 Å². The molecule has 3 rings (SSSR count). The Hall–Kier alpha value is -1.71. The first-order chi connectivity index (χ1) is 10.4. The zero-order chi connectivity index (χ0) is 15.7. The van der Waals surface area contributed by atoms with Gasteiger partial charge in [0.25, 0.3) is 0 Å². The minimum atomic E-state index is -0.633. The highest BCUT2D eigenvalue weighted by Gasteiger charge is 2.21. The van der Waals surface area contributed by atoms with Crippen LogP contribution in [0.2, 0.25) is 5.02 Å². The molecule has 22 heavy (non-hydrogen) atoms. The van der Waals surface area contributed by atoms with E-state index >= 15 is 0 Å². The van der Waals surface area contributed by atoms with E-state index in [-0.39, 0.29) is 0 Å². The van der Waals surface area contributed by atoms with Crippen LogP contribution in [0.5, 0.6) is 0 Å². The fourth-order valence-corrected chi connectivity index (χ4v) is 2.78. The Morgan fingerprint density at radius 1 is 1.14 bits per heavy atom. The Labute approximate surface area is 136 Å². The predicted octanol–water partition coefficient (Wildman–Crippen LogP) is 4.36. The van der Waals surface area contributed by atoms with Gasteiger partial charge in [0.05, 0.1) is 23.6 Å². The number of rotatable bonds is 4. The van der Waals surface area contributed by atoms with Crippen molar-refractivity contribution in [1.29, 1.82) is 0 Å². The van der Waals surface area contributed by atoms with E-state index in [1.807, 2.05) is 38.1 Å². The van der Waals surface area contributed by atoms with Gasteiger partial charge in [0.1, 0.15) is 0 Å². The van der Waals surface area contributed by atoms with Gasteiger partial charge >= 0.3 is 0 Å². The zero-order valence-electron chi connectivity index (χ0n) is 12.9. The summed E-state index contributed by atoms with van der Waals surface area (Å²) in [6.45, 7) is 5.32. The van der Waals surface area contributed by atoms with Gasteiger partial charge in [-0.05, 0) is 55.7 Å². The molecular weight excluding hydrogens is 296 g/mol. The third-order valence-corrected chi connectivity index (χ3v) is 4.22. The highest BCUT2D eigenvalue weighted by atomic mass is 35.5. The largest absolute Gasteiger partial charge is 0.390 e. The van der Waals surface area contributed by atoms with Gasteiger partial charge in [-0.2, -0.15) is 0 Å². The molecule has 2 aromatic rings. The first-order valence-electron chi connectivity index (χ1n) is 7.54. The standard InChI is InChI=1S/C18H21ClN2O/c1-18(2,22)9-10-21-12-20-16-11-14(5-8-17(16)21)13-3-6-15(19)7-4-13/h3-8,11,20,22H,9-10,12H2,1-2H3. The molecule has 0 radical (unpaired) electrons. The number of aliphatic hydroxyl groups is 1. The zero-order valence-corrected chi connectivity index (χ0v) is 13.7. The van der Waals surface area contributed by atoms with E-state index < -0.39 is 5.60 Å². The summed E-state index contributed by atoms with van der Waals surface area (Å²) < 4.78 is 0. The van der Waals surface area contributed by atoms with Crippen molar-refractivity contribution >= 4 is 23.0 Å². The Balaban J connectivity index is 1.79. The average molecular weight is 317 g/mol. The molecule has 116 valence electrons. The van der Waals surface area contributed by atoms with E-state index in [0.717, 1.165) is 35.9 Å². The van der Waals surface area contributed by atoms with Crippen LogP contribution in [0.15, 0.2) is 42.5 Å². The van der Waals surface area contributed by atoms with Crippen molar-refractivity contribution in [2.45, 2.75) is 25.9 Å². The summed E-state index contributed by atoms with van der Waals surface area (Å²) in [5.41, 5.74) is 4.03. The van der Waals surface area contributed by atoms with Gasteiger partial charge in [0, 0.05) is 11.6 Å². The summed E-state index contributed by atoms with van der Waals surface area (Å²) in [5.74, 6) is 0. The Morgan fingerprint density at radius 2 is 1.82 bits per heavy atom. The maximum atomic E-state index is 9.88. The van der Waals surface area contributed by atoms with Crippen molar-refractivity contribution < 1.29 is 5.11 Å². The maximum absolute atomic E-state index is 9.88. The lowest BCUT2D eigenvalue weighted by molar-refractivity contribution is 0.0732. The van der Waals surface area contributed by atoms with Gasteiger partial charge in [-0.3, -0.25) is 0 Å². The molecule has 0 aromatic heterocycles. The molecule has 0 unspecified atom stereocenters. The van der Waals surface area contributed by atoms with Crippen LogP contribution < -0.4 is 10.2 Å². The van der Waals surface area contributed by atoms with E-state index in [4.69, 9.17) is 11.6 Å². The van der Waals surface area contributed by atoms with Crippen molar-refractivity contribution in [3.05, 3.63) is 47.5 Å². The van der Waals surface area contributed by atoms with Crippen LogP contribution in [0.1, 0.15) is 20.3 Å². The number of hydrogen-bond donors (Lipinski definition) is 2. The van der Waals surface area contributed by atoms with Gasteiger partial charge in [0.15, 0.2) is 0 Å². The molecular formula is C18H21ClN2O. The minimum Gasteiger partial charge on any atom is -0.390 e. The molecule has 3 nitrogen and oxygen atoms in total. The van der Waals surface area contributed by atoms with Crippen LogP contribution in [0.4, 0.5) is 11.4 Å². The maximum Gasteiger partial charge on any atom is 0.0877 e. The normalized spacial score (nSPS) is 13.9. The summed E-state index contributed by atoms with van der Waals surface area (Å²) in [5, 5.41) is 14.1. The first kappa shape index (κ1) is 15.2. The van der Waals surface area contributed by atoms with Crippen LogP contribution in [-0.2, 0) is 0 Å². The van der Waals surface area contributed by atoms with Crippen LogP contribution in [0.3, 0.4) is 0 Å². The molecule has 4 heteroatoms. The lowest BCUT2D eigenvalue weighted by Gasteiger charge is -2.23. The lowest BCUT2D eigenvalue weighted by Crippen LogP contribution is -2.30. The summed E-state index contributed by atoms with van der Waals surface area (Å²) in [4.78, 5) is 2.26. The summed E-state index contributed by atoms with van der Waals surface area (Å²) in [7, 11) is 0. The van der Waals surface area contributed by atoms with Gasteiger partial charge in [-0.15, -0.1) is 0 Å². The number of hydrogen-bond acceptors (Lipinski definition) is 3. The Kier molecular flexibility index (Phi) is 4.02. The van der Waals surface area contributed by atoms with Crippen LogP contribution in [-0.4, -0.2) is 23.9 Å². The SMILES string of the molecule is CC(C)(O)CCN1CNc2cc(-c3ccc(Cl)cc3)ccc21. The number of benzene rings is 2. The van der Waals surface area contributed by atoms with E-state index in [1.165, 1.54) is 11.3 Å². The van der Waals surface area contributed by atoms with Crippen LogP contribution in [0, 0.1) is 0 Å². The smallest absolute Gasteiger partial charge is 0.0877 e. The summed E-state index contributed by atoms with van der Waals surface area (Å²) in [6, 6.07) is 14.3. The molecule has 2 N–H and O–H groups in total. The Morgan fingerprint density at radius 3 is 2.50 bits per heavy atom. The molecule has 0 atom stereocenters. The lowest BCUT2D eigenvalue weighted by atomic mass is 10.0. The molecule has 0 bridgehead atoms. The predicted molar refractivity (Wildman–Crippen MR) is 93.6 cm³/mol. The number of fused-ring (bicyclic) bond motifs is 1. The van der Waals surface area contributed by atoms with Crippen LogP contribution in [0.25, 0.3) is 11.1 Å². The van der Waals surface area contributed by atoms with E-state index in [2.05, 4.69) is 28.4 Å². The minimum absolute atomic E-state index is 0.633. The highest BCUT2D eigenvalue weighted by molar-refractivity contribution is 6.30. The fraction of sp³-hybridized carbons (Fsp3) is 0.333. The first-order valence-corrected chi connectivity index (χ1v) is 7.91. The number of nitrogens with zero attached hydrogens (tertiary/aromatic N) is 1. The molecule has 1 aliphatic heterocycles. The fourth-order valence-electron chi connectivity index (χ4n) is 2.65. The molecule has 1 aliphatic rings. The highest BCUT2D eigenvalue weighted by Crippen LogP contribution is 2.35. The third kappa shape index (κ3) is 3.37. The monoisotopic (exact) mass is 316 g/mol. The van der Waals surface area contributed by atoms with Crippen molar-refractivity contribution in [2.24, 2.45) is 0 Å². The molecule has 0 saturated heterocycles. The van der Waals surface area contributed by atoms with Gasteiger partial charge in [0.2, 0.25) is 0 Å². The van der Waals surface area contributed by atoms with Crippen molar-refractivity contribution in [3.8, 4) is 11.1 Å². The molecule has 0 aliphatic carbocycles. The second-order valence-corrected chi connectivity index (χ2v) is 6.84. The number of nitrogens with one attached hydrogen (secondary N) is 1. The number of anilines is 2. The second-order valence-electron chi connectivity index (χ2n) is 6.40. The quantitative estimate of drug-likeness (QED) is 0.880.